The molecule has 0 spiro atoms. The van der Waals surface area contributed by atoms with Crippen molar-refractivity contribution >= 4 is 17.6 Å². The van der Waals surface area contributed by atoms with Crippen molar-refractivity contribution in [2.24, 2.45) is 0 Å². The molecule has 4 heteroatoms. The standard InChI is InChI=1S/C14H23N3S/c1-11-8-12(9-15-13-4-5-13)10-16-14(11)17(2)6-7-18-3/h8,10,13,15H,4-7,9H2,1-3H3. The minimum absolute atomic E-state index is 0.759. The van der Waals surface area contributed by atoms with Gasteiger partial charge in [0.25, 0.3) is 0 Å². The highest BCUT2D eigenvalue weighted by molar-refractivity contribution is 7.98. The highest BCUT2D eigenvalue weighted by Crippen LogP contribution is 2.20. The molecule has 1 aliphatic carbocycles. The number of nitrogens with zero attached hydrogens (tertiary/aromatic N) is 2. The third-order valence-electron chi connectivity index (χ3n) is 3.27. The Labute approximate surface area is 114 Å². The summed E-state index contributed by atoms with van der Waals surface area (Å²) in [5.74, 6) is 2.25. The molecule has 0 amide bonds. The highest BCUT2D eigenvalue weighted by Gasteiger charge is 2.20. The van der Waals surface area contributed by atoms with E-state index in [4.69, 9.17) is 0 Å². The molecule has 2 rings (SSSR count). The van der Waals surface area contributed by atoms with Gasteiger partial charge in [0, 0.05) is 38.1 Å². The predicted octanol–water partition coefficient (Wildman–Crippen LogP) is 2.44. The maximum Gasteiger partial charge on any atom is 0.131 e. The van der Waals surface area contributed by atoms with E-state index in [2.05, 4.69) is 41.5 Å². The lowest BCUT2D eigenvalue weighted by Crippen LogP contribution is -2.22. The molecule has 3 nitrogen and oxygen atoms in total. The molecule has 100 valence electrons. The van der Waals surface area contributed by atoms with Gasteiger partial charge in [-0.3, -0.25) is 0 Å². The van der Waals surface area contributed by atoms with Crippen molar-refractivity contribution < 1.29 is 0 Å². The van der Waals surface area contributed by atoms with Crippen molar-refractivity contribution in [2.75, 3.05) is 30.5 Å². The van der Waals surface area contributed by atoms with Crippen LogP contribution >= 0.6 is 11.8 Å². The minimum atomic E-state index is 0.759. The zero-order chi connectivity index (χ0) is 13.0. The Bertz CT molecular complexity index is 391. The number of hydrogen-bond acceptors (Lipinski definition) is 4. The molecule has 18 heavy (non-hydrogen) atoms. The lowest BCUT2D eigenvalue weighted by atomic mass is 10.2. The van der Waals surface area contributed by atoms with E-state index in [-0.39, 0.29) is 0 Å². The predicted molar refractivity (Wildman–Crippen MR) is 80.5 cm³/mol. The fourth-order valence-corrected chi connectivity index (χ4v) is 2.46. The quantitative estimate of drug-likeness (QED) is 0.819. The molecule has 0 unspecified atom stereocenters. The Balaban J connectivity index is 1.94. The molecule has 0 aliphatic heterocycles. The first-order valence-electron chi connectivity index (χ1n) is 6.59. The van der Waals surface area contributed by atoms with Crippen molar-refractivity contribution in [3.05, 3.63) is 23.4 Å². The second kappa shape index (κ2) is 6.43. The van der Waals surface area contributed by atoms with Gasteiger partial charge in [0.1, 0.15) is 5.82 Å². The van der Waals surface area contributed by atoms with Crippen LogP contribution in [0.1, 0.15) is 24.0 Å². The molecule has 0 bridgehead atoms. The number of rotatable bonds is 7. The Morgan fingerprint density at radius 2 is 2.28 bits per heavy atom. The van der Waals surface area contributed by atoms with E-state index >= 15 is 0 Å². The van der Waals surface area contributed by atoms with Gasteiger partial charge in [-0.25, -0.2) is 4.98 Å². The summed E-state index contributed by atoms with van der Waals surface area (Å²) >= 11 is 1.87. The molecule has 1 aromatic heterocycles. The lowest BCUT2D eigenvalue weighted by molar-refractivity contribution is 0.685. The number of nitrogens with one attached hydrogen (secondary N) is 1. The van der Waals surface area contributed by atoms with Crippen LogP contribution in [0.5, 0.6) is 0 Å². The highest BCUT2D eigenvalue weighted by atomic mass is 32.2. The van der Waals surface area contributed by atoms with Crippen LogP contribution in [0, 0.1) is 6.92 Å². The molecule has 0 saturated heterocycles. The molecule has 1 aliphatic rings. The number of pyridine rings is 1. The van der Waals surface area contributed by atoms with Crippen molar-refractivity contribution in [1.29, 1.82) is 0 Å². The van der Waals surface area contributed by atoms with Gasteiger partial charge < -0.3 is 10.2 Å². The van der Waals surface area contributed by atoms with Crippen LogP contribution in [0.15, 0.2) is 12.3 Å². The van der Waals surface area contributed by atoms with Crippen LogP contribution < -0.4 is 10.2 Å². The van der Waals surface area contributed by atoms with Gasteiger partial charge in [0.2, 0.25) is 0 Å². The fraction of sp³-hybridized carbons (Fsp3) is 0.643. The molecule has 0 radical (unpaired) electrons. The molecule has 0 atom stereocenters. The summed E-state index contributed by atoms with van der Waals surface area (Å²) in [6.45, 7) is 4.15. The second-order valence-corrected chi connectivity index (χ2v) is 6.04. The van der Waals surface area contributed by atoms with E-state index in [9.17, 15) is 0 Å². The van der Waals surface area contributed by atoms with E-state index in [0.29, 0.717) is 0 Å². The summed E-state index contributed by atoms with van der Waals surface area (Å²) in [4.78, 5) is 6.85. The van der Waals surface area contributed by atoms with Crippen molar-refractivity contribution in [3.8, 4) is 0 Å². The molecular formula is C14H23N3S. The van der Waals surface area contributed by atoms with Gasteiger partial charge in [-0.15, -0.1) is 0 Å². The van der Waals surface area contributed by atoms with E-state index in [0.717, 1.165) is 30.7 Å². The summed E-state index contributed by atoms with van der Waals surface area (Å²) < 4.78 is 0. The molecule has 0 aromatic carbocycles. The van der Waals surface area contributed by atoms with Gasteiger partial charge in [-0.1, -0.05) is 0 Å². The fourth-order valence-electron chi connectivity index (χ4n) is 2.01. The van der Waals surface area contributed by atoms with Gasteiger partial charge in [0.15, 0.2) is 0 Å². The molecule has 1 aromatic rings. The van der Waals surface area contributed by atoms with Crippen LogP contribution in [0.25, 0.3) is 0 Å². The molecular weight excluding hydrogens is 242 g/mol. The second-order valence-electron chi connectivity index (χ2n) is 5.05. The zero-order valence-electron chi connectivity index (χ0n) is 11.6. The smallest absolute Gasteiger partial charge is 0.131 e. The molecule has 1 N–H and O–H groups in total. The Hall–Kier alpha value is -0.740. The van der Waals surface area contributed by atoms with E-state index in [1.165, 1.54) is 24.0 Å². The van der Waals surface area contributed by atoms with Crippen molar-refractivity contribution in [3.63, 3.8) is 0 Å². The first kappa shape index (κ1) is 13.7. The third-order valence-corrected chi connectivity index (χ3v) is 3.86. The molecule has 1 saturated carbocycles. The van der Waals surface area contributed by atoms with E-state index in [1.54, 1.807) is 0 Å². The molecule has 1 heterocycles. The maximum absolute atomic E-state index is 4.61. The SMILES string of the molecule is CSCCN(C)c1ncc(CNC2CC2)cc1C. The van der Waals surface area contributed by atoms with Crippen LogP contribution in [-0.4, -0.2) is 36.6 Å². The first-order chi connectivity index (χ1) is 8.70. The minimum Gasteiger partial charge on any atom is -0.359 e. The van der Waals surface area contributed by atoms with E-state index in [1.807, 2.05) is 18.0 Å². The third kappa shape index (κ3) is 3.89. The number of aryl methyl sites for hydroxylation is 1. The summed E-state index contributed by atoms with van der Waals surface area (Å²) in [6, 6.07) is 3.02. The topological polar surface area (TPSA) is 28.2 Å². The molecule has 1 fully saturated rings. The Kier molecular flexibility index (Phi) is 4.89. The summed E-state index contributed by atoms with van der Waals surface area (Å²) in [6.07, 6.45) is 6.82. The summed E-state index contributed by atoms with van der Waals surface area (Å²) in [7, 11) is 2.12. The van der Waals surface area contributed by atoms with Gasteiger partial charge in [0.05, 0.1) is 0 Å². The number of hydrogen-bond donors (Lipinski definition) is 1. The summed E-state index contributed by atoms with van der Waals surface area (Å²) in [5, 5.41) is 3.53. The normalized spacial score (nSPS) is 14.8. The van der Waals surface area contributed by atoms with Gasteiger partial charge in [-0.05, 0) is 43.2 Å². The van der Waals surface area contributed by atoms with Gasteiger partial charge >= 0.3 is 0 Å². The van der Waals surface area contributed by atoms with Gasteiger partial charge in [-0.2, -0.15) is 11.8 Å². The van der Waals surface area contributed by atoms with Crippen molar-refractivity contribution in [2.45, 2.75) is 32.4 Å². The van der Waals surface area contributed by atoms with Crippen LogP contribution in [-0.2, 0) is 6.54 Å². The average molecular weight is 265 g/mol. The average Bonchev–Trinajstić information content (AvgIpc) is 3.17. The first-order valence-corrected chi connectivity index (χ1v) is 7.99. The Morgan fingerprint density at radius 1 is 1.50 bits per heavy atom. The monoisotopic (exact) mass is 265 g/mol. The summed E-state index contributed by atoms with van der Waals surface area (Å²) in [5.41, 5.74) is 2.56. The van der Waals surface area contributed by atoms with Crippen molar-refractivity contribution in [1.82, 2.24) is 10.3 Å². The number of thioether (sulfide) groups is 1. The van der Waals surface area contributed by atoms with Crippen LogP contribution in [0.4, 0.5) is 5.82 Å². The lowest BCUT2D eigenvalue weighted by Gasteiger charge is -2.20. The van der Waals surface area contributed by atoms with Crippen LogP contribution in [0.3, 0.4) is 0 Å². The maximum atomic E-state index is 4.61. The zero-order valence-corrected chi connectivity index (χ0v) is 12.4. The number of anilines is 1. The van der Waals surface area contributed by atoms with Crippen LogP contribution in [0.2, 0.25) is 0 Å². The largest absolute Gasteiger partial charge is 0.359 e. The number of aromatic nitrogens is 1. The Morgan fingerprint density at radius 3 is 2.89 bits per heavy atom. The van der Waals surface area contributed by atoms with E-state index < -0.39 is 0 Å².